The Morgan fingerprint density at radius 1 is 1.44 bits per heavy atom. The lowest BCUT2D eigenvalue weighted by atomic mass is 10.1. The van der Waals surface area contributed by atoms with Crippen molar-refractivity contribution < 1.29 is 18.8 Å². The normalized spacial score (nSPS) is 14.1. The third kappa shape index (κ3) is 7.13. The average Bonchev–Trinajstić information content (AvgIpc) is 3.17. The van der Waals surface area contributed by atoms with Crippen LogP contribution in [0.1, 0.15) is 38.2 Å². The fourth-order valence-corrected chi connectivity index (χ4v) is 2.32. The van der Waals surface area contributed by atoms with Crippen LogP contribution in [0.4, 0.5) is 0 Å². The molecule has 0 saturated carbocycles. The highest BCUT2D eigenvalue weighted by Crippen LogP contribution is 2.18. The molecule has 0 radical (unpaired) electrons. The molecular weight excluding hydrogens is 350 g/mol. The van der Waals surface area contributed by atoms with Crippen LogP contribution < -0.4 is 5.32 Å². The van der Waals surface area contributed by atoms with Gasteiger partial charge in [0, 0.05) is 11.8 Å². The van der Waals surface area contributed by atoms with Gasteiger partial charge in [-0.1, -0.05) is 5.16 Å². The molecule has 9 heteroatoms. The summed E-state index contributed by atoms with van der Waals surface area (Å²) in [5, 5.41) is 16.0. The molecule has 2 aromatic heterocycles. The fraction of sp³-hybridized carbons (Fsp3) is 0.500. The number of carbonyl (C=O) groups excluding carboxylic acids is 1. The molecule has 2 aromatic rings. The fourth-order valence-electron chi connectivity index (χ4n) is 2.32. The summed E-state index contributed by atoms with van der Waals surface area (Å²) in [4.78, 5) is 17.6. The van der Waals surface area contributed by atoms with Crippen molar-refractivity contribution in [2.45, 2.75) is 45.5 Å². The van der Waals surface area contributed by atoms with E-state index in [4.69, 9.17) is 14.5 Å². The van der Waals surface area contributed by atoms with Gasteiger partial charge in [0.15, 0.2) is 5.82 Å². The lowest BCUT2D eigenvalue weighted by molar-refractivity contribution is -0.131. The first-order valence-corrected chi connectivity index (χ1v) is 8.73. The molecule has 144 valence electrons. The van der Waals surface area contributed by atoms with E-state index in [1.165, 1.54) is 0 Å². The highest BCUT2D eigenvalue weighted by Gasteiger charge is 2.15. The Labute approximate surface area is 157 Å². The molecule has 0 aromatic carbocycles. The standard InChI is InChI=1S/C14H15N5O2.C4H8O2/c15-8-11-7-10(1-6-17-11)14-18-13(19-21-14)9-20-12-2-4-16-5-3-12;1-4(2)6-3-5/h1,6-7,12,16H,2-5,9H2;3-4H,1-2H3. The summed E-state index contributed by atoms with van der Waals surface area (Å²) in [5.41, 5.74) is 1.00. The topological polar surface area (TPSA) is 123 Å². The Kier molecular flexibility index (Phi) is 8.35. The summed E-state index contributed by atoms with van der Waals surface area (Å²) in [7, 11) is 0. The van der Waals surface area contributed by atoms with E-state index >= 15 is 0 Å². The molecule has 0 unspecified atom stereocenters. The van der Waals surface area contributed by atoms with E-state index in [1.54, 1.807) is 32.2 Å². The first kappa shape index (κ1) is 20.5. The maximum Gasteiger partial charge on any atom is 0.293 e. The summed E-state index contributed by atoms with van der Waals surface area (Å²) >= 11 is 0. The molecule has 3 rings (SSSR count). The number of nitrogens with zero attached hydrogens (tertiary/aromatic N) is 4. The predicted octanol–water partition coefficient (Wildman–Crippen LogP) is 1.84. The first-order chi connectivity index (χ1) is 13.1. The van der Waals surface area contributed by atoms with Crippen LogP contribution in [0.5, 0.6) is 0 Å². The Bertz CT molecular complexity index is 750. The van der Waals surface area contributed by atoms with Crippen molar-refractivity contribution >= 4 is 6.47 Å². The maximum absolute atomic E-state index is 9.39. The van der Waals surface area contributed by atoms with Crippen LogP contribution in [0, 0.1) is 11.3 Å². The van der Waals surface area contributed by atoms with E-state index in [0.717, 1.165) is 25.9 Å². The van der Waals surface area contributed by atoms with Gasteiger partial charge in [0.25, 0.3) is 12.4 Å². The third-order valence-corrected chi connectivity index (χ3v) is 3.65. The minimum Gasteiger partial charge on any atom is -0.465 e. The smallest absolute Gasteiger partial charge is 0.293 e. The van der Waals surface area contributed by atoms with Gasteiger partial charge in [-0.2, -0.15) is 10.2 Å². The molecule has 1 saturated heterocycles. The van der Waals surface area contributed by atoms with Crippen LogP contribution in [0.25, 0.3) is 11.5 Å². The lowest BCUT2D eigenvalue weighted by Gasteiger charge is -2.22. The molecule has 1 aliphatic heterocycles. The number of hydrogen-bond acceptors (Lipinski definition) is 9. The number of piperidine rings is 1. The summed E-state index contributed by atoms with van der Waals surface area (Å²) < 4.78 is 15.3. The van der Waals surface area contributed by atoms with Gasteiger partial charge in [0.05, 0.1) is 12.2 Å². The number of carbonyl (C=O) groups is 1. The minimum atomic E-state index is 0.0301. The van der Waals surface area contributed by atoms with Gasteiger partial charge < -0.3 is 19.3 Å². The second-order valence-corrected chi connectivity index (χ2v) is 6.10. The molecule has 0 bridgehead atoms. The van der Waals surface area contributed by atoms with Crippen LogP contribution in [-0.4, -0.2) is 46.9 Å². The van der Waals surface area contributed by atoms with Gasteiger partial charge >= 0.3 is 0 Å². The summed E-state index contributed by atoms with van der Waals surface area (Å²) in [6.45, 7) is 6.35. The molecule has 0 amide bonds. The second-order valence-electron chi connectivity index (χ2n) is 6.10. The van der Waals surface area contributed by atoms with Crippen LogP contribution >= 0.6 is 0 Å². The molecular formula is C18H23N5O4. The van der Waals surface area contributed by atoms with Gasteiger partial charge in [-0.3, -0.25) is 4.79 Å². The number of nitriles is 1. The second kappa shape index (κ2) is 11.0. The van der Waals surface area contributed by atoms with E-state index in [9.17, 15) is 4.79 Å². The van der Waals surface area contributed by atoms with E-state index in [0.29, 0.717) is 36.1 Å². The molecule has 0 atom stereocenters. The molecule has 0 spiro atoms. The monoisotopic (exact) mass is 373 g/mol. The Morgan fingerprint density at radius 3 is 2.85 bits per heavy atom. The van der Waals surface area contributed by atoms with Crippen LogP contribution in [0.15, 0.2) is 22.9 Å². The molecule has 1 N–H and O–H groups in total. The summed E-state index contributed by atoms with van der Waals surface area (Å²) in [5.74, 6) is 0.886. The molecule has 27 heavy (non-hydrogen) atoms. The van der Waals surface area contributed by atoms with Gasteiger partial charge in [-0.15, -0.1) is 0 Å². The van der Waals surface area contributed by atoms with Gasteiger partial charge in [-0.05, 0) is 51.9 Å². The van der Waals surface area contributed by atoms with Crippen molar-refractivity contribution in [1.82, 2.24) is 20.4 Å². The number of nitrogens with one attached hydrogen (secondary N) is 1. The zero-order valence-electron chi connectivity index (χ0n) is 15.4. The molecule has 3 heterocycles. The van der Waals surface area contributed by atoms with E-state index in [2.05, 4.69) is 25.2 Å². The summed E-state index contributed by atoms with van der Waals surface area (Å²) in [6, 6.07) is 5.32. The van der Waals surface area contributed by atoms with Crippen LogP contribution in [0.2, 0.25) is 0 Å². The number of ether oxygens (including phenoxy) is 2. The molecule has 0 aliphatic carbocycles. The predicted molar refractivity (Wildman–Crippen MR) is 95.2 cm³/mol. The summed E-state index contributed by atoms with van der Waals surface area (Å²) in [6.07, 6.45) is 3.83. The van der Waals surface area contributed by atoms with Crippen LogP contribution in [0.3, 0.4) is 0 Å². The third-order valence-electron chi connectivity index (χ3n) is 3.65. The van der Waals surface area contributed by atoms with E-state index in [-0.39, 0.29) is 12.2 Å². The number of hydrogen-bond donors (Lipinski definition) is 1. The SMILES string of the molecule is CC(C)OC=O.N#Cc1cc(-c2nc(COC3CCNCC3)no2)ccn1. The maximum atomic E-state index is 9.39. The van der Waals surface area contributed by atoms with Crippen molar-refractivity contribution in [2.75, 3.05) is 13.1 Å². The van der Waals surface area contributed by atoms with Crippen LogP contribution in [-0.2, 0) is 20.9 Å². The first-order valence-electron chi connectivity index (χ1n) is 8.73. The minimum absolute atomic E-state index is 0.0301. The highest BCUT2D eigenvalue weighted by atomic mass is 16.5. The Morgan fingerprint density at radius 2 is 2.22 bits per heavy atom. The number of rotatable bonds is 6. The van der Waals surface area contributed by atoms with Gasteiger partial charge in [0.2, 0.25) is 0 Å². The number of aromatic nitrogens is 3. The van der Waals surface area contributed by atoms with Crippen molar-refractivity contribution in [3.05, 3.63) is 29.8 Å². The zero-order chi connectivity index (χ0) is 19.5. The van der Waals surface area contributed by atoms with Crippen molar-refractivity contribution in [2.24, 2.45) is 0 Å². The van der Waals surface area contributed by atoms with Crippen molar-refractivity contribution in [3.63, 3.8) is 0 Å². The molecule has 1 fully saturated rings. The highest BCUT2D eigenvalue weighted by molar-refractivity contribution is 5.53. The quantitative estimate of drug-likeness (QED) is 0.755. The lowest BCUT2D eigenvalue weighted by Crippen LogP contribution is -2.32. The van der Waals surface area contributed by atoms with E-state index < -0.39 is 0 Å². The van der Waals surface area contributed by atoms with Crippen molar-refractivity contribution in [3.8, 4) is 17.5 Å². The van der Waals surface area contributed by atoms with Gasteiger partial charge in [-0.25, -0.2) is 4.98 Å². The number of pyridine rings is 1. The van der Waals surface area contributed by atoms with Crippen molar-refractivity contribution in [1.29, 1.82) is 5.26 Å². The van der Waals surface area contributed by atoms with Gasteiger partial charge in [0.1, 0.15) is 18.4 Å². The molecule has 9 nitrogen and oxygen atoms in total. The zero-order valence-corrected chi connectivity index (χ0v) is 15.4. The largest absolute Gasteiger partial charge is 0.465 e. The molecule has 1 aliphatic rings. The Balaban J connectivity index is 0.000000380. The van der Waals surface area contributed by atoms with E-state index in [1.807, 2.05) is 6.07 Å². The Hall–Kier alpha value is -2.83. The average molecular weight is 373 g/mol.